The lowest BCUT2D eigenvalue weighted by atomic mass is 10.1. The molecule has 0 aromatic heterocycles. The summed E-state index contributed by atoms with van der Waals surface area (Å²) in [4.78, 5) is 74.7. The van der Waals surface area contributed by atoms with E-state index in [9.17, 15) is 28.8 Å². The van der Waals surface area contributed by atoms with Gasteiger partial charge in [-0.2, -0.15) is 0 Å². The topological polar surface area (TPSA) is 193 Å². The van der Waals surface area contributed by atoms with Crippen LogP contribution in [0.3, 0.4) is 0 Å². The number of hydrogen-bond donors (Lipinski definition) is 6. The Morgan fingerprint density at radius 3 is 1.20 bits per heavy atom. The first-order chi connectivity index (χ1) is 25.5. The van der Waals surface area contributed by atoms with Gasteiger partial charge in [-0.25, -0.2) is 9.59 Å². The minimum absolute atomic E-state index is 0.136. The molecule has 54 heavy (non-hydrogen) atoms. The van der Waals surface area contributed by atoms with Gasteiger partial charge in [0.25, 0.3) is 0 Å². The molecule has 0 saturated carbocycles. The summed E-state index contributed by atoms with van der Waals surface area (Å²) < 4.78 is 10.6. The van der Waals surface area contributed by atoms with Gasteiger partial charge >= 0.3 is 12.2 Å². The molecule has 0 aliphatic rings. The van der Waals surface area contributed by atoms with Crippen LogP contribution in [0.15, 0.2) is 60.7 Å². The third kappa shape index (κ3) is 19.6. The molecule has 0 aliphatic carbocycles. The number of rotatable bonds is 16. The Balaban J connectivity index is 1.64. The van der Waals surface area contributed by atoms with Crippen LogP contribution in [0, 0.1) is 23.7 Å². The fourth-order valence-corrected chi connectivity index (χ4v) is 4.46. The van der Waals surface area contributed by atoms with Crippen LogP contribution in [-0.2, 0) is 28.7 Å². The Bertz CT molecular complexity index is 1550. The summed E-state index contributed by atoms with van der Waals surface area (Å²) in [6.45, 7) is 11.0. The van der Waals surface area contributed by atoms with E-state index < -0.39 is 47.3 Å². The molecule has 0 bridgehead atoms. The van der Waals surface area contributed by atoms with Crippen LogP contribution < -0.4 is 31.9 Å². The SMILES string of the molecule is CC(C)(C)OC(=O)NC(C(=O)NCCNC(=O)CCC#CC#CCCC(=O)NCCNC(=O)[C@@H](NC(=O)OC(C)(C)C)c1ccccc1)c1ccccc1. The van der Waals surface area contributed by atoms with E-state index in [-0.39, 0.29) is 63.7 Å². The van der Waals surface area contributed by atoms with Crippen molar-refractivity contribution >= 4 is 35.8 Å². The highest BCUT2D eigenvalue weighted by Gasteiger charge is 2.27. The first kappa shape index (κ1) is 44.1. The van der Waals surface area contributed by atoms with Crippen molar-refractivity contribution in [2.24, 2.45) is 0 Å². The highest BCUT2D eigenvalue weighted by atomic mass is 16.6. The summed E-state index contributed by atoms with van der Waals surface area (Å²) in [6, 6.07) is 15.6. The van der Waals surface area contributed by atoms with Gasteiger partial charge in [0.15, 0.2) is 0 Å². The van der Waals surface area contributed by atoms with E-state index in [1.54, 1.807) is 102 Å². The van der Waals surface area contributed by atoms with Crippen molar-refractivity contribution < 1.29 is 38.2 Å². The van der Waals surface area contributed by atoms with Crippen LogP contribution in [0.4, 0.5) is 9.59 Å². The molecule has 0 heterocycles. The second-order valence-corrected chi connectivity index (χ2v) is 13.9. The Morgan fingerprint density at radius 2 is 0.870 bits per heavy atom. The van der Waals surface area contributed by atoms with Crippen LogP contribution in [0.2, 0.25) is 0 Å². The van der Waals surface area contributed by atoms with Gasteiger partial charge in [0.05, 0.1) is 0 Å². The maximum absolute atomic E-state index is 12.9. The zero-order chi connectivity index (χ0) is 40.0. The maximum atomic E-state index is 12.9. The minimum Gasteiger partial charge on any atom is -0.444 e. The third-order valence-corrected chi connectivity index (χ3v) is 6.80. The number of hydrogen-bond acceptors (Lipinski definition) is 8. The number of carbonyl (C=O) groups is 6. The molecule has 1 unspecified atom stereocenters. The fourth-order valence-electron chi connectivity index (χ4n) is 4.46. The molecule has 14 heteroatoms. The zero-order valence-corrected chi connectivity index (χ0v) is 31.9. The Kier molecular flexibility index (Phi) is 18.7. The van der Waals surface area contributed by atoms with Crippen LogP contribution in [0.1, 0.15) is 90.4 Å². The lowest BCUT2D eigenvalue weighted by Crippen LogP contribution is -2.44. The molecule has 0 spiro atoms. The average molecular weight is 745 g/mol. The lowest BCUT2D eigenvalue weighted by Gasteiger charge is -2.23. The molecule has 0 fully saturated rings. The van der Waals surface area contributed by atoms with Gasteiger partial charge in [-0.15, -0.1) is 0 Å². The zero-order valence-electron chi connectivity index (χ0n) is 31.9. The quantitative estimate of drug-likeness (QED) is 0.111. The van der Waals surface area contributed by atoms with E-state index >= 15 is 0 Å². The van der Waals surface area contributed by atoms with Gasteiger partial charge in [-0.05, 0) is 64.5 Å². The highest BCUT2D eigenvalue weighted by Crippen LogP contribution is 2.16. The Hall–Kier alpha value is -6.02. The van der Waals surface area contributed by atoms with Crippen molar-refractivity contribution in [2.75, 3.05) is 26.2 Å². The van der Waals surface area contributed by atoms with Crippen molar-refractivity contribution in [1.29, 1.82) is 0 Å². The van der Waals surface area contributed by atoms with Crippen LogP contribution >= 0.6 is 0 Å². The molecular formula is C40H52N6O8. The standard InChI is InChI=1S/C40H52N6O8/c1-39(2,3)53-37(51)45-33(29-19-13-11-14-20-29)35(49)43-27-25-41-31(47)23-17-9-7-8-10-18-24-32(48)42-26-28-44-36(50)34(30-21-15-12-16-22-30)46-38(52)54-40(4,5)6/h11-16,19-22,33-34H,17-18,23-28H2,1-6H3,(H,41,47)(H,42,48)(H,43,49)(H,44,50)(H,45,51)(H,46,52)/t33-,34?/m0/s1. The predicted octanol–water partition coefficient (Wildman–Crippen LogP) is 3.55. The van der Waals surface area contributed by atoms with Crippen molar-refractivity contribution in [3.8, 4) is 23.7 Å². The third-order valence-electron chi connectivity index (χ3n) is 6.80. The van der Waals surface area contributed by atoms with Gasteiger partial charge in [-0.1, -0.05) is 72.5 Å². The molecule has 14 nitrogen and oxygen atoms in total. The maximum Gasteiger partial charge on any atom is 0.408 e. The van der Waals surface area contributed by atoms with Crippen molar-refractivity contribution in [3.05, 3.63) is 71.8 Å². The second-order valence-electron chi connectivity index (χ2n) is 13.9. The van der Waals surface area contributed by atoms with Crippen molar-refractivity contribution in [2.45, 2.75) is 90.5 Å². The number of carbonyl (C=O) groups excluding carboxylic acids is 6. The van der Waals surface area contributed by atoms with Crippen LogP contribution in [0.5, 0.6) is 0 Å². The van der Waals surface area contributed by atoms with Crippen LogP contribution in [0.25, 0.3) is 0 Å². The molecule has 6 amide bonds. The minimum atomic E-state index is -0.974. The summed E-state index contributed by atoms with van der Waals surface area (Å²) in [5, 5.41) is 16.0. The Morgan fingerprint density at radius 1 is 0.537 bits per heavy atom. The van der Waals surface area contributed by atoms with E-state index in [2.05, 4.69) is 55.6 Å². The molecule has 2 atom stereocenters. The Labute approximate surface area is 317 Å². The molecule has 2 rings (SSSR count). The van der Waals surface area contributed by atoms with E-state index in [4.69, 9.17) is 9.47 Å². The number of ether oxygens (including phenoxy) is 2. The molecule has 2 aromatic carbocycles. The second kappa shape index (κ2) is 22.8. The van der Waals surface area contributed by atoms with E-state index in [0.29, 0.717) is 11.1 Å². The summed E-state index contributed by atoms with van der Waals surface area (Å²) in [6.07, 6.45) is -0.634. The number of nitrogens with one attached hydrogen (secondary N) is 6. The van der Waals surface area contributed by atoms with Crippen molar-refractivity contribution in [3.63, 3.8) is 0 Å². The largest absolute Gasteiger partial charge is 0.444 e. The number of amides is 6. The number of benzene rings is 2. The van der Waals surface area contributed by atoms with Gasteiger partial charge in [-0.3, -0.25) is 19.2 Å². The van der Waals surface area contributed by atoms with Crippen LogP contribution in [-0.4, -0.2) is 73.2 Å². The monoisotopic (exact) mass is 744 g/mol. The molecule has 0 aliphatic heterocycles. The van der Waals surface area contributed by atoms with Crippen molar-refractivity contribution in [1.82, 2.24) is 31.9 Å². The average Bonchev–Trinajstić information content (AvgIpc) is 3.10. The summed E-state index contributed by atoms with van der Waals surface area (Å²) in [5.74, 6) is 9.51. The molecular weight excluding hydrogens is 692 g/mol. The molecule has 290 valence electrons. The fraction of sp³-hybridized carbons (Fsp3) is 0.450. The molecule has 0 radical (unpaired) electrons. The van der Waals surface area contributed by atoms with E-state index in [1.807, 2.05) is 0 Å². The summed E-state index contributed by atoms with van der Waals surface area (Å²) >= 11 is 0. The summed E-state index contributed by atoms with van der Waals surface area (Å²) in [7, 11) is 0. The highest BCUT2D eigenvalue weighted by molar-refractivity contribution is 5.87. The predicted molar refractivity (Wildman–Crippen MR) is 203 cm³/mol. The molecule has 0 saturated heterocycles. The number of alkyl carbamates (subject to hydrolysis) is 2. The van der Waals surface area contributed by atoms with E-state index in [0.717, 1.165) is 0 Å². The first-order valence-electron chi connectivity index (χ1n) is 17.7. The van der Waals surface area contributed by atoms with Gasteiger partial charge in [0.2, 0.25) is 23.6 Å². The summed E-state index contributed by atoms with van der Waals surface area (Å²) in [5.41, 5.74) is -0.294. The smallest absolute Gasteiger partial charge is 0.408 e. The van der Waals surface area contributed by atoms with E-state index in [1.165, 1.54) is 0 Å². The molecule has 6 N–H and O–H groups in total. The molecule has 2 aromatic rings. The van der Waals surface area contributed by atoms with Gasteiger partial charge in [0.1, 0.15) is 23.3 Å². The lowest BCUT2D eigenvalue weighted by molar-refractivity contribution is -0.124. The first-order valence-corrected chi connectivity index (χ1v) is 17.7. The van der Waals surface area contributed by atoms with Gasteiger partial charge < -0.3 is 41.4 Å². The van der Waals surface area contributed by atoms with Gasteiger partial charge in [0, 0.05) is 51.9 Å². The normalized spacial score (nSPS) is 11.7.